The summed E-state index contributed by atoms with van der Waals surface area (Å²) in [7, 11) is 0. The summed E-state index contributed by atoms with van der Waals surface area (Å²) in [5.41, 5.74) is 7.95. The van der Waals surface area contributed by atoms with Gasteiger partial charge >= 0.3 is 0 Å². The molecule has 1 nitrogen and oxygen atoms in total. The number of hydrogen-bond acceptors (Lipinski definition) is 1. The molecule has 0 aliphatic carbocycles. The lowest BCUT2D eigenvalue weighted by Gasteiger charge is -2.18. The zero-order valence-corrected chi connectivity index (χ0v) is 17.1. The van der Waals surface area contributed by atoms with Crippen molar-refractivity contribution < 1.29 is 0 Å². The van der Waals surface area contributed by atoms with Crippen molar-refractivity contribution in [3.8, 4) is 28.3 Å². The first kappa shape index (κ1) is 18.2. The highest BCUT2D eigenvalue weighted by Gasteiger charge is 2.16. The third kappa shape index (κ3) is 2.95. The topological polar surface area (TPSA) is 23.8 Å². The quantitative estimate of drug-likeness (QED) is 0.285. The van der Waals surface area contributed by atoms with Crippen LogP contribution in [-0.2, 0) is 0 Å². The molecule has 30 heavy (non-hydrogen) atoms. The molecule has 142 valence electrons. The van der Waals surface area contributed by atoms with Crippen LogP contribution in [0, 0.1) is 25.2 Å². The van der Waals surface area contributed by atoms with E-state index in [1.165, 1.54) is 49.5 Å². The molecule has 0 spiro atoms. The van der Waals surface area contributed by atoms with Gasteiger partial charge in [0, 0.05) is 0 Å². The largest absolute Gasteiger partial charge is 0.192 e. The third-order valence-corrected chi connectivity index (χ3v) is 5.83. The SMILES string of the molecule is Cc1ccc(-c2c3ccccc3c(-c3ccc(C)cc3)c3cc(C#N)ccc23)cc1. The molecular weight excluding hydrogens is 362 g/mol. The van der Waals surface area contributed by atoms with Crippen LogP contribution >= 0.6 is 0 Å². The van der Waals surface area contributed by atoms with Crippen LogP contribution in [0.15, 0.2) is 91.0 Å². The van der Waals surface area contributed by atoms with Crippen LogP contribution in [0.3, 0.4) is 0 Å². The molecule has 0 saturated carbocycles. The Labute approximate surface area is 176 Å². The number of nitrogens with zero attached hydrogens (tertiary/aromatic N) is 1. The molecule has 0 atom stereocenters. The van der Waals surface area contributed by atoms with Gasteiger partial charge in [-0.2, -0.15) is 5.26 Å². The molecular formula is C29H21N. The van der Waals surface area contributed by atoms with Gasteiger partial charge in [0.1, 0.15) is 0 Å². The Bertz CT molecular complexity index is 1430. The molecule has 0 unspecified atom stereocenters. The minimum Gasteiger partial charge on any atom is -0.192 e. The maximum Gasteiger partial charge on any atom is 0.0991 e. The highest BCUT2D eigenvalue weighted by Crippen LogP contribution is 2.43. The summed E-state index contributed by atoms with van der Waals surface area (Å²) >= 11 is 0. The molecule has 0 heterocycles. The molecule has 0 aliphatic rings. The van der Waals surface area contributed by atoms with Crippen molar-refractivity contribution >= 4 is 21.5 Å². The highest BCUT2D eigenvalue weighted by atomic mass is 14.2. The van der Waals surface area contributed by atoms with Crippen LogP contribution in [0.25, 0.3) is 43.8 Å². The minimum atomic E-state index is 0.681. The van der Waals surface area contributed by atoms with Crippen molar-refractivity contribution in [2.24, 2.45) is 0 Å². The number of rotatable bonds is 2. The summed E-state index contributed by atoms with van der Waals surface area (Å²) in [6, 6.07) is 34.4. The van der Waals surface area contributed by atoms with Gasteiger partial charge in [-0.3, -0.25) is 0 Å². The van der Waals surface area contributed by atoms with Crippen molar-refractivity contribution in [3.05, 3.63) is 108 Å². The van der Waals surface area contributed by atoms with Gasteiger partial charge in [-0.1, -0.05) is 90.0 Å². The van der Waals surface area contributed by atoms with Gasteiger partial charge in [0.05, 0.1) is 11.6 Å². The van der Waals surface area contributed by atoms with Crippen molar-refractivity contribution in [2.45, 2.75) is 13.8 Å². The first-order chi connectivity index (χ1) is 14.7. The van der Waals surface area contributed by atoms with Crippen molar-refractivity contribution in [3.63, 3.8) is 0 Å². The lowest BCUT2D eigenvalue weighted by Crippen LogP contribution is -1.92. The van der Waals surface area contributed by atoms with Gasteiger partial charge in [-0.05, 0) is 69.8 Å². The Kier molecular flexibility index (Phi) is 4.34. The molecule has 0 radical (unpaired) electrons. The standard InChI is InChI=1S/C29H21N/c1-19-7-12-22(13-8-19)28-24-5-3-4-6-25(24)29(23-14-9-20(2)10-15-23)27-17-21(18-30)11-16-26(27)28/h3-17H,1-2H3. The molecule has 0 aromatic heterocycles. The lowest BCUT2D eigenvalue weighted by atomic mass is 9.85. The van der Waals surface area contributed by atoms with Gasteiger partial charge in [0.2, 0.25) is 0 Å². The second kappa shape index (κ2) is 7.17. The van der Waals surface area contributed by atoms with E-state index in [0.717, 1.165) is 5.39 Å². The van der Waals surface area contributed by atoms with E-state index in [-0.39, 0.29) is 0 Å². The van der Waals surface area contributed by atoms with Gasteiger partial charge in [-0.15, -0.1) is 0 Å². The van der Waals surface area contributed by atoms with Crippen LogP contribution in [0.1, 0.15) is 16.7 Å². The zero-order chi connectivity index (χ0) is 20.7. The van der Waals surface area contributed by atoms with E-state index in [1.54, 1.807) is 0 Å². The van der Waals surface area contributed by atoms with Crippen LogP contribution in [0.4, 0.5) is 0 Å². The molecule has 5 aromatic rings. The highest BCUT2D eigenvalue weighted by molar-refractivity contribution is 6.21. The van der Waals surface area contributed by atoms with Gasteiger partial charge < -0.3 is 0 Å². The predicted molar refractivity (Wildman–Crippen MR) is 127 cm³/mol. The second-order valence-electron chi connectivity index (χ2n) is 7.90. The molecule has 0 saturated heterocycles. The molecule has 0 aliphatic heterocycles. The summed E-state index contributed by atoms with van der Waals surface area (Å²) in [5, 5.41) is 14.3. The molecule has 0 amide bonds. The Balaban J connectivity index is 1.99. The smallest absolute Gasteiger partial charge is 0.0991 e. The van der Waals surface area contributed by atoms with Crippen molar-refractivity contribution in [1.29, 1.82) is 5.26 Å². The van der Waals surface area contributed by atoms with Gasteiger partial charge in [0.25, 0.3) is 0 Å². The van der Waals surface area contributed by atoms with E-state index < -0.39 is 0 Å². The second-order valence-corrected chi connectivity index (χ2v) is 7.90. The lowest BCUT2D eigenvalue weighted by molar-refractivity contribution is 1.47. The van der Waals surface area contributed by atoms with E-state index in [1.807, 2.05) is 12.1 Å². The van der Waals surface area contributed by atoms with E-state index in [9.17, 15) is 5.26 Å². The Morgan fingerprint density at radius 3 is 1.50 bits per heavy atom. The molecule has 0 bridgehead atoms. The summed E-state index contributed by atoms with van der Waals surface area (Å²) < 4.78 is 0. The Morgan fingerprint density at radius 2 is 1.00 bits per heavy atom. The number of hydrogen-bond donors (Lipinski definition) is 0. The van der Waals surface area contributed by atoms with Gasteiger partial charge in [-0.25, -0.2) is 0 Å². The first-order valence-corrected chi connectivity index (χ1v) is 10.2. The molecule has 5 aromatic carbocycles. The van der Waals surface area contributed by atoms with Crippen molar-refractivity contribution in [2.75, 3.05) is 0 Å². The number of aryl methyl sites for hydroxylation is 2. The zero-order valence-electron chi connectivity index (χ0n) is 17.1. The molecule has 0 fully saturated rings. The van der Waals surface area contributed by atoms with Crippen molar-refractivity contribution in [1.82, 2.24) is 0 Å². The van der Waals surface area contributed by atoms with E-state index in [4.69, 9.17) is 0 Å². The molecule has 1 heteroatoms. The fourth-order valence-corrected chi connectivity index (χ4v) is 4.31. The number of benzene rings is 5. The van der Waals surface area contributed by atoms with Crippen LogP contribution < -0.4 is 0 Å². The normalized spacial score (nSPS) is 11.0. The maximum absolute atomic E-state index is 9.58. The maximum atomic E-state index is 9.58. The number of nitriles is 1. The fourth-order valence-electron chi connectivity index (χ4n) is 4.31. The summed E-state index contributed by atoms with van der Waals surface area (Å²) in [6.07, 6.45) is 0. The monoisotopic (exact) mass is 383 g/mol. The summed E-state index contributed by atoms with van der Waals surface area (Å²) in [4.78, 5) is 0. The van der Waals surface area contributed by atoms with E-state index in [0.29, 0.717) is 5.56 Å². The number of fused-ring (bicyclic) bond motifs is 2. The Hall–Kier alpha value is -3.89. The van der Waals surface area contributed by atoms with Gasteiger partial charge in [0.15, 0.2) is 0 Å². The van der Waals surface area contributed by atoms with E-state index >= 15 is 0 Å². The first-order valence-electron chi connectivity index (χ1n) is 10.2. The van der Waals surface area contributed by atoms with Crippen LogP contribution in [0.2, 0.25) is 0 Å². The average Bonchev–Trinajstić information content (AvgIpc) is 2.78. The fraction of sp³-hybridized carbons (Fsp3) is 0.0690. The molecule has 5 rings (SSSR count). The predicted octanol–water partition coefficient (Wildman–Crippen LogP) is 7.82. The third-order valence-electron chi connectivity index (χ3n) is 5.83. The summed E-state index contributed by atoms with van der Waals surface area (Å²) in [5.74, 6) is 0. The van der Waals surface area contributed by atoms with E-state index in [2.05, 4.69) is 98.8 Å². The average molecular weight is 383 g/mol. The molecule has 0 N–H and O–H groups in total. The minimum absolute atomic E-state index is 0.681. The Morgan fingerprint density at radius 1 is 0.533 bits per heavy atom. The van der Waals surface area contributed by atoms with Crippen LogP contribution in [-0.4, -0.2) is 0 Å². The van der Waals surface area contributed by atoms with Crippen LogP contribution in [0.5, 0.6) is 0 Å². The summed E-state index contributed by atoms with van der Waals surface area (Å²) in [6.45, 7) is 4.22.